The first-order valence-electron chi connectivity index (χ1n) is 4.49. The minimum absolute atomic E-state index is 0.152. The maximum atomic E-state index is 13.1. The van der Waals surface area contributed by atoms with Crippen molar-refractivity contribution in [3.05, 3.63) is 34.1 Å². The summed E-state index contributed by atoms with van der Waals surface area (Å²) in [6.07, 6.45) is -0.979. The van der Waals surface area contributed by atoms with E-state index in [9.17, 15) is 19.3 Å². The van der Waals surface area contributed by atoms with Crippen LogP contribution >= 0.6 is 0 Å². The summed E-state index contributed by atoms with van der Waals surface area (Å²) < 4.78 is 22.3. The molecule has 0 spiro atoms. The molecule has 92 valence electrons. The Morgan fingerprint density at radius 1 is 1.47 bits per heavy atom. The number of halogens is 1. The molecule has 0 aliphatic rings. The first kappa shape index (κ1) is 12.7. The summed E-state index contributed by atoms with van der Waals surface area (Å²) in [4.78, 5) is 20.0. The molecule has 1 aromatic rings. The molecule has 0 heterocycles. The van der Waals surface area contributed by atoms with E-state index >= 15 is 0 Å². The minimum atomic E-state index is -0.979. The number of hydrogen-bond acceptors (Lipinski definition) is 5. The van der Waals surface area contributed by atoms with Gasteiger partial charge in [0.2, 0.25) is 0 Å². The number of hydrogen-bond donors (Lipinski definition) is 1. The Hall–Kier alpha value is -2.38. The largest absolute Gasteiger partial charge is 0.487 e. The Balaban J connectivity index is 2.60. The van der Waals surface area contributed by atoms with Gasteiger partial charge in [-0.2, -0.15) is 0 Å². The summed E-state index contributed by atoms with van der Waals surface area (Å²) in [6, 6.07) is 2.88. The maximum absolute atomic E-state index is 13.1. The van der Waals surface area contributed by atoms with E-state index in [-0.39, 0.29) is 24.7 Å². The zero-order valence-corrected chi connectivity index (χ0v) is 8.59. The first-order chi connectivity index (χ1) is 8.00. The molecule has 0 aromatic heterocycles. The van der Waals surface area contributed by atoms with E-state index in [4.69, 9.17) is 4.74 Å². The van der Waals surface area contributed by atoms with Crippen molar-refractivity contribution in [3.63, 3.8) is 0 Å². The van der Waals surface area contributed by atoms with Gasteiger partial charge in [0.05, 0.1) is 11.0 Å². The van der Waals surface area contributed by atoms with Crippen LogP contribution in [0.4, 0.5) is 14.9 Å². The summed E-state index contributed by atoms with van der Waals surface area (Å²) in [5, 5.41) is 10.4. The molecule has 0 fully saturated rings. The molecule has 0 saturated carbocycles. The predicted molar refractivity (Wildman–Crippen MR) is 54.1 cm³/mol. The molecule has 1 amide bonds. The lowest BCUT2D eigenvalue weighted by atomic mass is 10.3. The predicted octanol–water partition coefficient (Wildman–Crippen LogP) is 1.21. The molecule has 0 radical (unpaired) electrons. The Morgan fingerprint density at radius 3 is 2.76 bits per heavy atom. The highest BCUT2D eigenvalue weighted by Crippen LogP contribution is 2.23. The Bertz CT molecular complexity index is 437. The highest BCUT2D eigenvalue weighted by molar-refractivity contribution is 5.64. The number of rotatable bonds is 5. The quantitative estimate of drug-likeness (QED) is 0.476. The molecule has 8 heteroatoms. The zero-order chi connectivity index (χ0) is 12.8. The van der Waals surface area contributed by atoms with E-state index in [1.54, 1.807) is 0 Å². The Kier molecular flexibility index (Phi) is 4.21. The van der Waals surface area contributed by atoms with E-state index in [0.29, 0.717) is 0 Å². The summed E-state index contributed by atoms with van der Waals surface area (Å²) >= 11 is 0. The standard InChI is InChI=1S/C9H9FN2O5/c10-7-2-1-6(12(14)15)5-8(7)16-3-4-17-9(11)13/h1-2,5H,3-4H2,(H2,11,13). The van der Waals surface area contributed by atoms with Crippen LogP contribution in [0.15, 0.2) is 18.2 Å². The zero-order valence-electron chi connectivity index (χ0n) is 8.59. The normalized spacial score (nSPS) is 9.71. The summed E-state index contributed by atoms with van der Waals surface area (Å²) in [6.45, 7) is -0.321. The van der Waals surface area contributed by atoms with Crippen LogP contribution in [-0.4, -0.2) is 24.2 Å². The molecule has 0 aliphatic heterocycles. The molecule has 0 unspecified atom stereocenters. The number of carbonyl (C=O) groups is 1. The highest BCUT2D eigenvalue weighted by atomic mass is 19.1. The monoisotopic (exact) mass is 244 g/mol. The number of nitro benzene ring substituents is 1. The maximum Gasteiger partial charge on any atom is 0.404 e. The van der Waals surface area contributed by atoms with E-state index in [0.717, 1.165) is 18.2 Å². The van der Waals surface area contributed by atoms with Crippen molar-refractivity contribution in [2.24, 2.45) is 5.73 Å². The van der Waals surface area contributed by atoms with Crippen molar-refractivity contribution in [3.8, 4) is 5.75 Å². The number of ether oxygens (including phenoxy) is 2. The van der Waals surface area contributed by atoms with Gasteiger partial charge in [-0.25, -0.2) is 9.18 Å². The van der Waals surface area contributed by atoms with Gasteiger partial charge < -0.3 is 15.2 Å². The number of nitrogens with zero attached hydrogens (tertiary/aromatic N) is 1. The number of primary amides is 1. The molecule has 17 heavy (non-hydrogen) atoms. The van der Waals surface area contributed by atoms with Crippen molar-refractivity contribution >= 4 is 11.8 Å². The van der Waals surface area contributed by atoms with Crippen LogP contribution in [0.25, 0.3) is 0 Å². The molecule has 1 aromatic carbocycles. The van der Waals surface area contributed by atoms with Crippen LogP contribution in [0.1, 0.15) is 0 Å². The third kappa shape index (κ3) is 3.93. The number of non-ortho nitro benzene ring substituents is 1. The lowest BCUT2D eigenvalue weighted by Crippen LogP contribution is -2.17. The van der Waals surface area contributed by atoms with E-state index in [1.807, 2.05) is 0 Å². The molecule has 0 bridgehead atoms. The topological polar surface area (TPSA) is 105 Å². The second-order valence-electron chi connectivity index (χ2n) is 2.89. The van der Waals surface area contributed by atoms with Crippen molar-refractivity contribution in [2.45, 2.75) is 0 Å². The molecular weight excluding hydrogens is 235 g/mol. The van der Waals surface area contributed by atoms with Gasteiger partial charge in [-0.1, -0.05) is 0 Å². The van der Waals surface area contributed by atoms with E-state index in [1.165, 1.54) is 0 Å². The SMILES string of the molecule is NC(=O)OCCOc1cc([N+](=O)[O-])ccc1F. The van der Waals surface area contributed by atoms with Gasteiger partial charge in [-0.05, 0) is 6.07 Å². The second kappa shape index (κ2) is 5.64. The van der Waals surface area contributed by atoms with Crippen molar-refractivity contribution in [1.29, 1.82) is 0 Å². The fraction of sp³-hybridized carbons (Fsp3) is 0.222. The van der Waals surface area contributed by atoms with Gasteiger partial charge in [0, 0.05) is 6.07 Å². The molecule has 0 aliphatic carbocycles. The van der Waals surface area contributed by atoms with Gasteiger partial charge in [0.1, 0.15) is 13.2 Å². The summed E-state index contributed by atoms with van der Waals surface area (Å²) in [5.41, 5.74) is 4.39. The number of nitrogens with two attached hydrogens (primary N) is 1. The third-order valence-electron chi connectivity index (χ3n) is 1.71. The van der Waals surface area contributed by atoms with E-state index in [2.05, 4.69) is 10.5 Å². The van der Waals surface area contributed by atoms with Gasteiger partial charge in [0.25, 0.3) is 5.69 Å². The van der Waals surface area contributed by atoms with Crippen molar-refractivity contribution in [1.82, 2.24) is 0 Å². The number of benzene rings is 1. The Labute approximate surface area is 95.1 Å². The fourth-order valence-electron chi connectivity index (χ4n) is 1.01. The van der Waals surface area contributed by atoms with Crippen LogP contribution in [0.3, 0.4) is 0 Å². The van der Waals surface area contributed by atoms with Gasteiger partial charge in [-0.15, -0.1) is 0 Å². The lowest BCUT2D eigenvalue weighted by Gasteiger charge is -2.06. The second-order valence-corrected chi connectivity index (χ2v) is 2.89. The number of nitro groups is 1. The van der Waals surface area contributed by atoms with Crippen LogP contribution in [0.2, 0.25) is 0 Å². The molecule has 1 rings (SSSR count). The van der Waals surface area contributed by atoms with Gasteiger partial charge >= 0.3 is 6.09 Å². The Morgan fingerprint density at radius 2 is 2.18 bits per heavy atom. The smallest absolute Gasteiger partial charge is 0.404 e. The minimum Gasteiger partial charge on any atom is -0.487 e. The van der Waals surface area contributed by atoms with Gasteiger partial charge in [-0.3, -0.25) is 10.1 Å². The molecule has 2 N–H and O–H groups in total. The average Bonchev–Trinajstić information content (AvgIpc) is 2.25. The van der Waals surface area contributed by atoms with Gasteiger partial charge in [0.15, 0.2) is 11.6 Å². The molecular formula is C9H9FN2O5. The summed E-state index contributed by atoms with van der Waals surface area (Å²) in [5.74, 6) is -1.03. The number of carbonyl (C=O) groups excluding carboxylic acids is 1. The van der Waals surface area contributed by atoms with Crippen molar-refractivity contribution in [2.75, 3.05) is 13.2 Å². The molecule has 7 nitrogen and oxygen atoms in total. The van der Waals surface area contributed by atoms with Crippen LogP contribution in [0.5, 0.6) is 5.75 Å². The van der Waals surface area contributed by atoms with Crippen LogP contribution in [-0.2, 0) is 4.74 Å². The fourth-order valence-corrected chi connectivity index (χ4v) is 1.01. The number of amides is 1. The van der Waals surface area contributed by atoms with Crippen LogP contribution < -0.4 is 10.5 Å². The molecule has 0 atom stereocenters. The van der Waals surface area contributed by atoms with Crippen molar-refractivity contribution < 1.29 is 23.6 Å². The summed E-state index contributed by atoms with van der Waals surface area (Å²) in [7, 11) is 0. The highest BCUT2D eigenvalue weighted by Gasteiger charge is 2.11. The van der Waals surface area contributed by atoms with E-state index < -0.39 is 16.8 Å². The van der Waals surface area contributed by atoms with Crippen LogP contribution in [0, 0.1) is 15.9 Å². The first-order valence-corrected chi connectivity index (χ1v) is 4.49. The third-order valence-corrected chi connectivity index (χ3v) is 1.71. The lowest BCUT2D eigenvalue weighted by molar-refractivity contribution is -0.385. The average molecular weight is 244 g/mol. The molecule has 0 saturated heterocycles.